The van der Waals surface area contributed by atoms with Crippen molar-refractivity contribution in [2.45, 2.75) is 44.2 Å². The van der Waals surface area contributed by atoms with E-state index < -0.39 is 0 Å². The molecule has 2 N–H and O–H groups in total. The van der Waals surface area contributed by atoms with Gasteiger partial charge in [0.2, 0.25) is 5.88 Å². The van der Waals surface area contributed by atoms with E-state index in [0.717, 1.165) is 23.1 Å². The second-order valence-corrected chi connectivity index (χ2v) is 5.69. The van der Waals surface area contributed by atoms with Gasteiger partial charge in [-0.2, -0.15) is 0 Å². The molecule has 1 saturated carbocycles. The Hall–Kier alpha value is -1.20. The van der Waals surface area contributed by atoms with Crippen molar-refractivity contribution in [3.05, 3.63) is 17.8 Å². The van der Waals surface area contributed by atoms with Crippen molar-refractivity contribution < 1.29 is 4.74 Å². The van der Waals surface area contributed by atoms with Crippen LogP contribution in [-0.2, 0) is 0 Å². The van der Waals surface area contributed by atoms with Crippen LogP contribution in [0.1, 0.15) is 32.1 Å². The van der Waals surface area contributed by atoms with Crippen LogP contribution < -0.4 is 10.5 Å². The highest BCUT2D eigenvalue weighted by atomic mass is 32.1. The molecule has 1 aliphatic rings. The van der Waals surface area contributed by atoms with Gasteiger partial charge in [-0.1, -0.05) is 12.8 Å². The maximum absolute atomic E-state index is 6.18. The van der Waals surface area contributed by atoms with Crippen molar-refractivity contribution in [1.82, 2.24) is 9.97 Å². The summed E-state index contributed by atoms with van der Waals surface area (Å²) in [6.45, 7) is 0. The van der Waals surface area contributed by atoms with E-state index >= 15 is 0 Å². The van der Waals surface area contributed by atoms with Crippen molar-refractivity contribution >= 4 is 21.6 Å². The lowest BCUT2D eigenvalue weighted by Gasteiger charge is -2.22. The summed E-state index contributed by atoms with van der Waals surface area (Å²) >= 11 is 1.62. The van der Waals surface area contributed by atoms with E-state index in [0.29, 0.717) is 5.88 Å². The van der Waals surface area contributed by atoms with Crippen molar-refractivity contribution in [2.24, 2.45) is 5.73 Å². The molecular weight excluding hydrogens is 246 g/mol. The molecule has 96 valence electrons. The van der Waals surface area contributed by atoms with Crippen LogP contribution in [0.3, 0.4) is 0 Å². The molecule has 2 aromatic rings. The Labute approximate surface area is 110 Å². The number of aromatic nitrogens is 2. The maximum Gasteiger partial charge on any atom is 0.235 e. The van der Waals surface area contributed by atoms with E-state index in [9.17, 15) is 0 Å². The number of nitrogens with two attached hydrogens (primary N) is 1. The fraction of sp³-hybridized carbons (Fsp3) is 0.538. The lowest BCUT2D eigenvalue weighted by Crippen LogP contribution is -2.38. The summed E-state index contributed by atoms with van der Waals surface area (Å²) in [7, 11) is 0. The molecule has 2 unspecified atom stereocenters. The summed E-state index contributed by atoms with van der Waals surface area (Å²) in [6.07, 6.45) is 7.38. The molecule has 2 aromatic heterocycles. The van der Waals surface area contributed by atoms with Crippen LogP contribution in [0.4, 0.5) is 0 Å². The molecule has 0 radical (unpaired) electrons. The third-order valence-corrected chi connectivity index (χ3v) is 4.37. The predicted molar refractivity (Wildman–Crippen MR) is 72.9 cm³/mol. The van der Waals surface area contributed by atoms with Crippen LogP contribution in [0.2, 0.25) is 0 Å². The van der Waals surface area contributed by atoms with Gasteiger partial charge in [0.15, 0.2) is 0 Å². The monoisotopic (exact) mass is 263 g/mol. The topological polar surface area (TPSA) is 61.0 Å². The number of rotatable bonds is 2. The number of fused-ring (bicyclic) bond motifs is 1. The molecule has 0 aliphatic heterocycles. The van der Waals surface area contributed by atoms with Gasteiger partial charge in [-0.3, -0.25) is 0 Å². The largest absolute Gasteiger partial charge is 0.472 e. The van der Waals surface area contributed by atoms with Crippen LogP contribution in [0.15, 0.2) is 17.8 Å². The first-order valence-corrected chi connectivity index (χ1v) is 7.33. The number of hydrogen-bond acceptors (Lipinski definition) is 5. The third-order valence-electron chi connectivity index (χ3n) is 3.48. The Bertz CT molecular complexity index is 528. The van der Waals surface area contributed by atoms with Gasteiger partial charge < -0.3 is 10.5 Å². The number of thiophene rings is 1. The minimum Gasteiger partial charge on any atom is -0.472 e. The average Bonchev–Trinajstić information content (AvgIpc) is 2.77. The van der Waals surface area contributed by atoms with Crippen molar-refractivity contribution in [3.8, 4) is 5.88 Å². The molecule has 1 aliphatic carbocycles. The van der Waals surface area contributed by atoms with Gasteiger partial charge in [-0.05, 0) is 30.7 Å². The van der Waals surface area contributed by atoms with E-state index in [1.54, 1.807) is 17.7 Å². The second-order valence-electron chi connectivity index (χ2n) is 4.77. The van der Waals surface area contributed by atoms with E-state index in [1.807, 2.05) is 11.4 Å². The summed E-state index contributed by atoms with van der Waals surface area (Å²) in [5.41, 5.74) is 7.13. The van der Waals surface area contributed by atoms with E-state index in [2.05, 4.69) is 9.97 Å². The van der Waals surface area contributed by atoms with Crippen LogP contribution in [0.5, 0.6) is 5.88 Å². The first kappa shape index (κ1) is 11.9. The zero-order valence-electron chi connectivity index (χ0n) is 10.2. The standard InChI is InChI=1S/C13H17N3OS/c14-9-4-2-1-3-5-11(9)17-13-12-10(6-7-18-12)15-8-16-13/h6-9,11H,1-5,14H2. The molecule has 4 nitrogen and oxygen atoms in total. The highest BCUT2D eigenvalue weighted by Crippen LogP contribution is 2.29. The van der Waals surface area contributed by atoms with E-state index in [-0.39, 0.29) is 12.1 Å². The fourth-order valence-electron chi connectivity index (χ4n) is 2.44. The zero-order valence-corrected chi connectivity index (χ0v) is 11.0. The molecule has 1 fully saturated rings. The number of nitrogens with zero attached hydrogens (tertiary/aromatic N) is 2. The Balaban J connectivity index is 1.84. The number of hydrogen-bond donors (Lipinski definition) is 1. The average molecular weight is 263 g/mol. The first-order valence-electron chi connectivity index (χ1n) is 6.45. The predicted octanol–water partition coefficient (Wildman–Crippen LogP) is 2.73. The Morgan fingerprint density at radius 1 is 1.22 bits per heavy atom. The maximum atomic E-state index is 6.18. The summed E-state index contributed by atoms with van der Waals surface area (Å²) in [4.78, 5) is 8.48. The Morgan fingerprint density at radius 2 is 2.11 bits per heavy atom. The summed E-state index contributed by atoms with van der Waals surface area (Å²) < 4.78 is 7.08. The SMILES string of the molecule is NC1CCCCCC1Oc1ncnc2ccsc12. The molecule has 0 spiro atoms. The molecule has 0 saturated heterocycles. The molecular formula is C13H17N3OS. The molecule has 0 amide bonds. The molecule has 5 heteroatoms. The Kier molecular flexibility index (Phi) is 3.43. The van der Waals surface area contributed by atoms with E-state index in [1.165, 1.54) is 19.3 Å². The first-order chi connectivity index (χ1) is 8.84. The van der Waals surface area contributed by atoms with Crippen LogP contribution >= 0.6 is 11.3 Å². The van der Waals surface area contributed by atoms with Crippen LogP contribution in [0.25, 0.3) is 10.2 Å². The molecule has 0 bridgehead atoms. The minimum absolute atomic E-state index is 0.0905. The third kappa shape index (κ3) is 2.33. The lowest BCUT2D eigenvalue weighted by atomic mass is 10.1. The van der Waals surface area contributed by atoms with Gasteiger partial charge in [0.1, 0.15) is 17.1 Å². The van der Waals surface area contributed by atoms with Gasteiger partial charge in [0.25, 0.3) is 0 Å². The van der Waals surface area contributed by atoms with Gasteiger partial charge in [0, 0.05) is 6.04 Å². The van der Waals surface area contributed by atoms with Gasteiger partial charge in [-0.25, -0.2) is 9.97 Å². The molecule has 18 heavy (non-hydrogen) atoms. The number of ether oxygens (including phenoxy) is 1. The molecule has 2 heterocycles. The highest BCUT2D eigenvalue weighted by Gasteiger charge is 2.23. The summed E-state index contributed by atoms with van der Waals surface area (Å²) in [6, 6.07) is 2.11. The highest BCUT2D eigenvalue weighted by molar-refractivity contribution is 7.17. The second kappa shape index (κ2) is 5.20. The lowest BCUT2D eigenvalue weighted by molar-refractivity contribution is 0.158. The Morgan fingerprint density at radius 3 is 3.06 bits per heavy atom. The van der Waals surface area contributed by atoms with Crippen LogP contribution in [0, 0.1) is 0 Å². The van der Waals surface area contributed by atoms with Gasteiger partial charge >= 0.3 is 0 Å². The smallest absolute Gasteiger partial charge is 0.235 e. The summed E-state index contributed by atoms with van der Waals surface area (Å²) in [5, 5.41) is 2.01. The fourth-order valence-corrected chi connectivity index (χ4v) is 3.22. The molecule has 2 atom stereocenters. The van der Waals surface area contributed by atoms with Gasteiger partial charge in [-0.15, -0.1) is 11.3 Å². The van der Waals surface area contributed by atoms with E-state index in [4.69, 9.17) is 10.5 Å². The van der Waals surface area contributed by atoms with Crippen molar-refractivity contribution in [3.63, 3.8) is 0 Å². The zero-order chi connectivity index (χ0) is 12.4. The minimum atomic E-state index is 0.0905. The van der Waals surface area contributed by atoms with Crippen LogP contribution in [-0.4, -0.2) is 22.1 Å². The van der Waals surface area contributed by atoms with Gasteiger partial charge in [0.05, 0.1) is 5.52 Å². The van der Waals surface area contributed by atoms with Crippen molar-refractivity contribution in [1.29, 1.82) is 0 Å². The molecule has 0 aromatic carbocycles. The quantitative estimate of drug-likeness (QED) is 0.846. The molecule has 3 rings (SSSR count). The normalized spacial score (nSPS) is 24.9. The summed E-state index contributed by atoms with van der Waals surface area (Å²) in [5.74, 6) is 0.692. The van der Waals surface area contributed by atoms with Crippen molar-refractivity contribution in [2.75, 3.05) is 0 Å².